The van der Waals surface area contributed by atoms with Gasteiger partial charge in [-0.05, 0) is 36.5 Å². The van der Waals surface area contributed by atoms with E-state index in [2.05, 4.69) is 34.3 Å². The number of oxime groups is 1. The first-order valence-electron chi connectivity index (χ1n) is 10.3. The van der Waals surface area contributed by atoms with Gasteiger partial charge in [-0.3, -0.25) is 0 Å². The molecule has 1 saturated heterocycles. The van der Waals surface area contributed by atoms with Crippen molar-refractivity contribution >= 4 is 11.7 Å². The predicted octanol–water partition coefficient (Wildman–Crippen LogP) is 3.74. The van der Waals surface area contributed by atoms with E-state index >= 15 is 0 Å². The Balaban J connectivity index is 1.56. The lowest BCUT2D eigenvalue weighted by Gasteiger charge is -2.31. The molecular formula is C24H26N2O5. The number of benzene rings is 2. The second-order valence-electron chi connectivity index (χ2n) is 7.50. The fraction of sp³-hybridized carbons (Fsp3) is 0.333. The molecule has 2 aliphatic rings. The minimum Gasteiger partial charge on any atom is -0.493 e. The van der Waals surface area contributed by atoms with Crippen LogP contribution in [0.3, 0.4) is 0 Å². The fourth-order valence-corrected chi connectivity index (χ4v) is 4.09. The summed E-state index contributed by atoms with van der Waals surface area (Å²) in [5.41, 5.74) is 2.90. The van der Waals surface area contributed by atoms with E-state index in [1.54, 1.807) is 33.5 Å². The van der Waals surface area contributed by atoms with Crippen LogP contribution in [0.2, 0.25) is 0 Å². The molecule has 0 spiro atoms. The Labute approximate surface area is 181 Å². The van der Waals surface area contributed by atoms with E-state index in [9.17, 15) is 4.79 Å². The van der Waals surface area contributed by atoms with E-state index in [-0.39, 0.29) is 0 Å². The third-order valence-electron chi connectivity index (χ3n) is 5.75. The molecule has 0 N–H and O–H groups in total. The summed E-state index contributed by atoms with van der Waals surface area (Å²) < 4.78 is 16.2. The number of ether oxygens (including phenoxy) is 3. The lowest BCUT2D eigenvalue weighted by Crippen LogP contribution is -2.30. The van der Waals surface area contributed by atoms with Crippen molar-refractivity contribution in [3.63, 3.8) is 0 Å². The number of methoxy groups -OCH3 is 3. The molecule has 0 bridgehead atoms. The monoisotopic (exact) mass is 422 g/mol. The Morgan fingerprint density at radius 1 is 1.00 bits per heavy atom. The average molecular weight is 422 g/mol. The van der Waals surface area contributed by atoms with Gasteiger partial charge in [0.1, 0.15) is 11.3 Å². The minimum atomic E-state index is -0.464. The van der Waals surface area contributed by atoms with Crippen molar-refractivity contribution in [1.82, 2.24) is 4.90 Å². The van der Waals surface area contributed by atoms with Gasteiger partial charge in [0.05, 0.1) is 21.3 Å². The van der Waals surface area contributed by atoms with Gasteiger partial charge in [0, 0.05) is 24.9 Å². The predicted molar refractivity (Wildman–Crippen MR) is 117 cm³/mol. The topological polar surface area (TPSA) is 69.6 Å². The largest absolute Gasteiger partial charge is 0.493 e. The maximum atomic E-state index is 12.4. The molecule has 0 aromatic heterocycles. The summed E-state index contributed by atoms with van der Waals surface area (Å²) in [5, 5.41) is 4.02. The molecule has 4 rings (SSSR count). The van der Waals surface area contributed by atoms with Crippen molar-refractivity contribution in [3.8, 4) is 17.2 Å². The molecule has 0 amide bonds. The standard InChI is InChI=1S/C24H26N2O5/c1-28-20-13-18(14-21(29-2)23(20)30-3)22-19(24(27)31-25-22)15-26-11-9-17(10-12-26)16-7-5-4-6-8-16/h4-8,13-15,17H,9-12H2,1-3H3. The zero-order chi connectivity index (χ0) is 21.8. The Morgan fingerprint density at radius 3 is 2.23 bits per heavy atom. The van der Waals surface area contributed by atoms with Crippen molar-refractivity contribution in [2.45, 2.75) is 18.8 Å². The van der Waals surface area contributed by atoms with Gasteiger partial charge in [-0.25, -0.2) is 4.79 Å². The molecule has 2 aromatic carbocycles. The van der Waals surface area contributed by atoms with Crippen molar-refractivity contribution in [2.24, 2.45) is 5.16 Å². The third-order valence-corrected chi connectivity index (χ3v) is 5.75. The summed E-state index contributed by atoms with van der Waals surface area (Å²) in [4.78, 5) is 19.6. The first-order valence-corrected chi connectivity index (χ1v) is 10.3. The number of likely N-dealkylation sites (tertiary alicyclic amines) is 1. The number of hydrogen-bond donors (Lipinski definition) is 0. The highest BCUT2D eigenvalue weighted by atomic mass is 16.7. The maximum absolute atomic E-state index is 12.4. The molecule has 0 saturated carbocycles. The lowest BCUT2D eigenvalue weighted by atomic mass is 9.89. The average Bonchev–Trinajstić information content (AvgIpc) is 3.19. The van der Waals surface area contributed by atoms with Gasteiger partial charge in [0.25, 0.3) is 0 Å². The third kappa shape index (κ3) is 4.21. The molecular weight excluding hydrogens is 396 g/mol. The molecule has 1 fully saturated rings. The molecule has 2 heterocycles. The van der Waals surface area contributed by atoms with E-state index in [0.717, 1.165) is 25.9 Å². The summed E-state index contributed by atoms with van der Waals surface area (Å²) in [6.07, 6.45) is 3.91. The van der Waals surface area contributed by atoms with E-state index in [0.29, 0.717) is 40.0 Å². The van der Waals surface area contributed by atoms with Gasteiger partial charge in [-0.2, -0.15) is 0 Å². The number of hydrogen-bond acceptors (Lipinski definition) is 7. The summed E-state index contributed by atoms with van der Waals surface area (Å²) >= 11 is 0. The highest BCUT2D eigenvalue weighted by Gasteiger charge is 2.30. The summed E-state index contributed by atoms with van der Waals surface area (Å²) in [7, 11) is 4.64. The van der Waals surface area contributed by atoms with Gasteiger partial charge in [-0.15, -0.1) is 0 Å². The molecule has 0 unspecified atom stereocenters. The van der Waals surface area contributed by atoms with Crippen LogP contribution in [-0.4, -0.2) is 51.0 Å². The molecule has 7 heteroatoms. The molecule has 162 valence electrons. The van der Waals surface area contributed by atoms with Crippen LogP contribution in [0.4, 0.5) is 0 Å². The molecule has 2 aromatic rings. The number of piperidine rings is 1. The van der Waals surface area contributed by atoms with Crippen LogP contribution in [-0.2, 0) is 9.63 Å². The highest BCUT2D eigenvalue weighted by molar-refractivity contribution is 6.29. The van der Waals surface area contributed by atoms with Crippen LogP contribution in [0.1, 0.15) is 29.9 Å². The zero-order valence-electron chi connectivity index (χ0n) is 18.0. The summed E-state index contributed by atoms with van der Waals surface area (Å²) in [5.74, 6) is 1.53. The van der Waals surface area contributed by atoms with Crippen molar-refractivity contribution in [3.05, 3.63) is 65.4 Å². The van der Waals surface area contributed by atoms with Crippen LogP contribution in [0, 0.1) is 0 Å². The second kappa shape index (κ2) is 9.12. The van der Waals surface area contributed by atoms with Gasteiger partial charge in [-0.1, -0.05) is 35.5 Å². The normalized spacial score (nSPS) is 18.0. The fourth-order valence-electron chi connectivity index (χ4n) is 4.09. The first-order chi connectivity index (χ1) is 15.1. The van der Waals surface area contributed by atoms with Crippen molar-refractivity contribution < 1.29 is 23.8 Å². The minimum absolute atomic E-state index is 0.424. The first kappa shape index (κ1) is 20.8. The van der Waals surface area contributed by atoms with Gasteiger partial charge < -0.3 is 23.9 Å². The Kier molecular flexibility index (Phi) is 6.11. The van der Waals surface area contributed by atoms with Crippen LogP contribution >= 0.6 is 0 Å². The maximum Gasteiger partial charge on any atom is 0.369 e. The lowest BCUT2D eigenvalue weighted by molar-refractivity contribution is -0.136. The Morgan fingerprint density at radius 2 is 1.65 bits per heavy atom. The van der Waals surface area contributed by atoms with Gasteiger partial charge >= 0.3 is 5.97 Å². The van der Waals surface area contributed by atoms with Crippen molar-refractivity contribution in [1.29, 1.82) is 0 Å². The number of rotatable bonds is 6. The Bertz CT molecular complexity index is 983. The second-order valence-corrected chi connectivity index (χ2v) is 7.50. The molecule has 2 aliphatic heterocycles. The molecule has 0 aliphatic carbocycles. The van der Waals surface area contributed by atoms with E-state index in [4.69, 9.17) is 19.0 Å². The molecule has 7 nitrogen and oxygen atoms in total. The van der Waals surface area contributed by atoms with Crippen LogP contribution in [0.25, 0.3) is 0 Å². The number of nitrogens with zero attached hydrogens (tertiary/aromatic N) is 2. The number of carbonyl (C=O) groups is 1. The number of carbonyl (C=O) groups excluding carboxylic acids is 1. The van der Waals surface area contributed by atoms with Crippen LogP contribution in [0.5, 0.6) is 17.2 Å². The van der Waals surface area contributed by atoms with Crippen LogP contribution in [0.15, 0.2) is 59.4 Å². The van der Waals surface area contributed by atoms with Gasteiger partial charge in [0.15, 0.2) is 11.5 Å². The Hall–Kier alpha value is -3.48. The van der Waals surface area contributed by atoms with E-state index in [1.807, 2.05) is 12.3 Å². The van der Waals surface area contributed by atoms with Crippen molar-refractivity contribution in [2.75, 3.05) is 34.4 Å². The molecule has 31 heavy (non-hydrogen) atoms. The smallest absolute Gasteiger partial charge is 0.369 e. The zero-order valence-corrected chi connectivity index (χ0v) is 18.0. The van der Waals surface area contributed by atoms with E-state index in [1.165, 1.54) is 5.56 Å². The quantitative estimate of drug-likeness (QED) is 0.522. The highest BCUT2D eigenvalue weighted by Crippen LogP contribution is 2.39. The van der Waals surface area contributed by atoms with E-state index < -0.39 is 5.97 Å². The summed E-state index contributed by atoms with van der Waals surface area (Å²) in [6, 6.07) is 14.1. The summed E-state index contributed by atoms with van der Waals surface area (Å²) in [6.45, 7) is 1.72. The molecule has 0 radical (unpaired) electrons. The molecule has 0 atom stereocenters. The SMILES string of the molecule is COc1cc(C2=NOC(=O)C2=CN2CCC(c3ccccc3)CC2)cc(OC)c1OC. The van der Waals surface area contributed by atoms with Gasteiger partial charge in [0.2, 0.25) is 5.75 Å². The van der Waals surface area contributed by atoms with Crippen LogP contribution < -0.4 is 14.2 Å².